The molecule has 1 saturated carbocycles. The highest BCUT2D eigenvalue weighted by Gasteiger charge is 2.28. The summed E-state index contributed by atoms with van der Waals surface area (Å²) in [5.74, 6) is 2.51. The first kappa shape index (κ1) is 11.7. The lowest BCUT2D eigenvalue weighted by Gasteiger charge is -2.12. The third-order valence-corrected chi connectivity index (χ3v) is 4.00. The second-order valence-electron chi connectivity index (χ2n) is 5.14. The summed E-state index contributed by atoms with van der Waals surface area (Å²) in [5, 5.41) is 7.28. The first-order valence-corrected chi connectivity index (χ1v) is 6.87. The molecule has 1 fully saturated rings. The van der Waals surface area contributed by atoms with Crippen molar-refractivity contribution in [3.05, 3.63) is 35.1 Å². The summed E-state index contributed by atoms with van der Waals surface area (Å²) in [6, 6.07) is 10.2. The van der Waals surface area contributed by atoms with Crippen molar-refractivity contribution < 1.29 is 0 Å². The van der Waals surface area contributed by atoms with Crippen molar-refractivity contribution in [2.24, 2.45) is 11.8 Å². The molecule has 0 saturated heterocycles. The first-order chi connectivity index (χ1) is 8.75. The summed E-state index contributed by atoms with van der Waals surface area (Å²) < 4.78 is 2.86. The van der Waals surface area contributed by atoms with Crippen LogP contribution in [0, 0.1) is 16.6 Å². The molecular formula is C14H17N3S. The number of nitrogens with one attached hydrogen (secondary N) is 1. The number of H-pyrrole nitrogens is 1. The molecule has 3 rings (SSSR count). The van der Waals surface area contributed by atoms with Crippen molar-refractivity contribution in [2.45, 2.75) is 26.3 Å². The Morgan fingerprint density at radius 1 is 1.39 bits per heavy atom. The summed E-state index contributed by atoms with van der Waals surface area (Å²) >= 11 is 5.34. The Morgan fingerprint density at radius 2 is 2.11 bits per heavy atom. The number of rotatable bonds is 4. The normalized spacial score (nSPS) is 16.7. The zero-order chi connectivity index (χ0) is 12.5. The molecule has 0 amide bonds. The summed E-state index contributed by atoms with van der Waals surface area (Å²) in [5.41, 5.74) is 1.12. The van der Waals surface area contributed by atoms with Crippen LogP contribution in [-0.4, -0.2) is 14.8 Å². The van der Waals surface area contributed by atoms with E-state index in [0.29, 0.717) is 5.92 Å². The van der Waals surface area contributed by atoms with Gasteiger partial charge in [-0.3, -0.25) is 9.67 Å². The number of benzene rings is 1. The van der Waals surface area contributed by atoms with E-state index in [9.17, 15) is 0 Å². The molecule has 1 aromatic carbocycles. The second kappa shape index (κ2) is 4.69. The highest BCUT2D eigenvalue weighted by molar-refractivity contribution is 7.71. The lowest BCUT2D eigenvalue weighted by molar-refractivity contribution is 0.429. The van der Waals surface area contributed by atoms with Crippen LogP contribution in [0.5, 0.6) is 0 Å². The zero-order valence-electron chi connectivity index (χ0n) is 10.5. The van der Waals surface area contributed by atoms with Crippen LogP contribution >= 0.6 is 12.2 Å². The highest BCUT2D eigenvalue weighted by atomic mass is 32.1. The van der Waals surface area contributed by atoms with Crippen molar-refractivity contribution in [2.75, 3.05) is 0 Å². The lowest BCUT2D eigenvalue weighted by Crippen LogP contribution is -2.10. The molecule has 1 heterocycles. The smallest absolute Gasteiger partial charge is 0.195 e. The molecule has 18 heavy (non-hydrogen) atoms. The maximum absolute atomic E-state index is 5.34. The van der Waals surface area contributed by atoms with Crippen LogP contribution in [0.4, 0.5) is 0 Å². The van der Waals surface area contributed by atoms with E-state index in [4.69, 9.17) is 12.2 Å². The minimum absolute atomic E-state index is 0.678. The predicted molar refractivity (Wildman–Crippen MR) is 74.7 cm³/mol. The molecule has 0 radical (unpaired) electrons. The van der Waals surface area contributed by atoms with Gasteiger partial charge in [-0.25, -0.2) is 0 Å². The van der Waals surface area contributed by atoms with Crippen molar-refractivity contribution in [3.63, 3.8) is 0 Å². The molecule has 1 N–H and O–H groups in total. The molecular weight excluding hydrogens is 242 g/mol. The molecule has 1 aromatic heterocycles. The first-order valence-electron chi connectivity index (χ1n) is 6.46. The quantitative estimate of drug-likeness (QED) is 0.850. The van der Waals surface area contributed by atoms with E-state index in [1.165, 1.54) is 12.8 Å². The van der Waals surface area contributed by atoms with E-state index < -0.39 is 0 Å². The SMILES string of the molecule is CC(Cn1c(-c2ccccc2)n[nH]c1=S)C1CC1. The molecule has 4 heteroatoms. The van der Waals surface area contributed by atoms with Gasteiger partial charge in [0, 0.05) is 12.1 Å². The van der Waals surface area contributed by atoms with Crippen LogP contribution in [0.2, 0.25) is 0 Å². The predicted octanol–water partition coefficient (Wildman–Crippen LogP) is 3.65. The molecule has 0 spiro atoms. The van der Waals surface area contributed by atoms with Gasteiger partial charge in [0.25, 0.3) is 0 Å². The second-order valence-corrected chi connectivity index (χ2v) is 5.53. The van der Waals surface area contributed by atoms with E-state index in [1.807, 2.05) is 18.2 Å². The highest BCUT2D eigenvalue weighted by Crippen LogP contribution is 2.37. The minimum Gasteiger partial charge on any atom is -0.300 e. The van der Waals surface area contributed by atoms with Gasteiger partial charge in [-0.05, 0) is 36.9 Å². The number of nitrogens with zero attached hydrogens (tertiary/aromatic N) is 2. The van der Waals surface area contributed by atoms with Crippen LogP contribution in [-0.2, 0) is 6.54 Å². The molecule has 1 aliphatic rings. The summed E-state index contributed by atoms with van der Waals surface area (Å²) in [7, 11) is 0. The van der Waals surface area contributed by atoms with Crippen LogP contribution in [0.25, 0.3) is 11.4 Å². The van der Waals surface area contributed by atoms with Crippen molar-refractivity contribution in [1.29, 1.82) is 0 Å². The fraction of sp³-hybridized carbons (Fsp3) is 0.429. The fourth-order valence-electron chi connectivity index (χ4n) is 2.40. The van der Waals surface area contributed by atoms with E-state index in [0.717, 1.165) is 28.6 Å². The number of hydrogen-bond acceptors (Lipinski definition) is 2. The Labute approximate surface area is 112 Å². The maximum atomic E-state index is 5.34. The van der Waals surface area contributed by atoms with Crippen LogP contribution in [0.3, 0.4) is 0 Å². The summed E-state index contributed by atoms with van der Waals surface area (Å²) in [6.45, 7) is 3.27. The average molecular weight is 259 g/mol. The van der Waals surface area contributed by atoms with E-state index in [2.05, 4.69) is 33.8 Å². The minimum atomic E-state index is 0.678. The Balaban J connectivity index is 1.93. The van der Waals surface area contributed by atoms with Crippen molar-refractivity contribution >= 4 is 12.2 Å². The van der Waals surface area contributed by atoms with Gasteiger partial charge >= 0.3 is 0 Å². The van der Waals surface area contributed by atoms with Crippen molar-refractivity contribution in [3.8, 4) is 11.4 Å². The van der Waals surface area contributed by atoms with Gasteiger partial charge < -0.3 is 0 Å². The van der Waals surface area contributed by atoms with Crippen LogP contribution in [0.1, 0.15) is 19.8 Å². The zero-order valence-corrected chi connectivity index (χ0v) is 11.3. The molecule has 1 atom stereocenters. The summed E-state index contributed by atoms with van der Waals surface area (Å²) in [6.07, 6.45) is 2.74. The third-order valence-electron chi connectivity index (χ3n) is 3.69. The standard InChI is InChI=1S/C14H17N3S/c1-10(11-7-8-11)9-17-13(15-16-14(17)18)12-5-3-2-4-6-12/h2-6,10-11H,7-9H2,1H3,(H,16,18). The average Bonchev–Trinajstić information content (AvgIpc) is 3.18. The molecule has 2 aromatic rings. The van der Waals surface area contributed by atoms with Gasteiger partial charge in [0.1, 0.15) is 0 Å². The van der Waals surface area contributed by atoms with Gasteiger partial charge in [-0.1, -0.05) is 37.3 Å². The Morgan fingerprint density at radius 3 is 2.78 bits per heavy atom. The lowest BCUT2D eigenvalue weighted by atomic mass is 10.1. The van der Waals surface area contributed by atoms with Crippen LogP contribution < -0.4 is 0 Å². The van der Waals surface area contributed by atoms with Crippen LogP contribution in [0.15, 0.2) is 30.3 Å². The monoisotopic (exact) mass is 259 g/mol. The summed E-state index contributed by atoms with van der Waals surface area (Å²) in [4.78, 5) is 0. The topological polar surface area (TPSA) is 33.6 Å². The van der Waals surface area contributed by atoms with E-state index in [1.54, 1.807) is 0 Å². The Kier molecular flexibility index (Phi) is 3.04. The Bertz CT molecular complexity index is 581. The van der Waals surface area contributed by atoms with Gasteiger partial charge in [0.05, 0.1) is 0 Å². The van der Waals surface area contributed by atoms with E-state index in [-0.39, 0.29) is 0 Å². The van der Waals surface area contributed by atoms with Crippen molar-refractivity contribution in [1.82, 2.24) is 14.8 Å². The molecule has 0 aliphatic heterocycles. The molecule has 94 valence electrons. The molecule has 1 aliphatic carbocycles. The molecule has 0 bridgehead atoms. The fourth-order valence-corrected chi connectivity index (χ4v) is 2.60. The molecule has 1 unspecified atom stereocenters. The maximum Gasteiger partial charge on any atom is 0.195 e. The number of aromatic amines is 1. The van der Waals surface area contributed by atoms with Gasteiger partial charge in [-0.15, -0.1) is 0 Å². The van der Waals surface area contributed by atoms with E-state index >= 15 is 0 Å². The van der Waals surface area contributed by atoms with Gasteiger partial charge in [0.15, 0.2) is 10.6 Å². The number of aromatic nitrogens is 3. The third kappa shape index (κ3) is 2.25. The molecule has 3 nitrogen and oxygen atoms in total. The Hall–Kier alpha value is -1.42. The number of hydrogen-bond donors (Lipinski definition) is 1. The van der Waals surface area contributed by atoms with Gasteiger partial charge in [0.2, 0.25) is 0 Å². The largest absolute Gasteiger partial charge is 0.300 e. The van der Waals surface area contributed by atoms with Gasteiger partial charge in [-0.2, -0.15) is 5.10 Å².